The van der Waals surface area contributed by atoms with Crippen molar-refractivity contribution in [2.24, 2.45) is 0 Å². The van der Waals surface area contributed by atoms with Crippen molar-refractivity contribution in [1.82, 2.24) is 5.32 Å². The highest BCUT2D eigenvalue weighted by Gasteiger charge is 2.47. The summed E-state index contributed by atoms with van der Waals surface area (Å²) in [5.41, 5.74) is 0. The number of nitrogens with one attached hydrogen (secondary N) is 1. The Morgan fingerprint density at radius 3 is 1.35 bits per heavy atom. The number of unbranched alkanes of at least 4 members (excludes halogenated alkanes) is 32. The second kappa shape index (κ2) is 56.6. The molecule has 1 saturated heterocycles. The van der Waals surface area contributed by atoms with E-state index in [1.54, 1.807) is 6.08 Å². The summed E-state index contributed by atoms with van der Waals surface area (Å²) in [5.74, 6) is -1.22. The minimum atomic E-state index is -1.63. The summed E-state index contributed by atoms with van der Waals surface area (Å²) >= 11 is 0. The number of amides is 1. The molecule has 0 aromatic rings. The highest BCUT2D eigenvalue weighted by atomic mass is 16.7. The fraction of sp³-hybridized carbons (Fsp3) is 0.797. The Kier molecular flexibility index (Phi) is 53.1. The second-order valence-electron chi connectivity index (χ2n) is 22.8. The van der Waals surface area contributed by atoms with Crippen LogP contribution in [0.2, 0.25) is 0 Å². The van der Waals surface area contributed by atoms with E-state index in [9.17, 15) is 35.1 Å². The van der Waals surface area contributed by atoms with Crippen LogP contribution in [0, 0.1) is 0 Å². The number of aliphatic hydroxyl groups excluding tert-OH is 5. The van der Waals surface area contributed by atoms with Gasteiger partial charge >= 0.3 is 5.97 Å². The Morgan fingerprint density at radius 1 is 0.500 bits per heavy atom. The van der Waals surface area contributed by atoms with Crippen LogP contribution in [0.1, 0.15) is 290 Å². The smallest absolute Gasteiger partial charge is 0.306 e. The van der Waals surface area contributed by atoms with E-state index < -0.39 is 67.4 Å². The zero-order chi connectivity index (χ0) is 58.2. The van der Waals surface area contributed by atoms with Crippen molar-refractivity contribution < 1.29 is 49.3 Å². The average Bonchev–Trinajstić information content (AvgIpc) is 3.48. The van der Waals surface area contributed by atoms with Gasteiger partial charge in [-0.15, -0.1) is 0 Å². The first-order chi connectivity index (χ1) is 39.2. The van der Waals surface area contributed by atoms with Gasteiger partial charge in [-0.25, -0.2) is 0 Å². The summed E-state index contributed by atoms with van der Waals surface area (Å²) in [6.07, 6.45) is 62.3. The van der Waals surface area contributed by atoms with Crippen molar-refractivity contribution in [3.8, 4) is 0 Å². The maximum absolute atomic E-state index is 13.5. The Hall–Kier alpha value is -2.90. The summed E-state index contributed by atoms with van der Waals surface area (Å²) < 4.78 is 17.6. The molecule has 0 aromatic heterocycles. The van der Waals surface area contributed by atoms with E-state index in [2.05, 4.69) is 86.8 Å². The van der Waals surface area contributed by atoms with Crippen LogP contribution in [0.5, 0.6) is 0 Å². The highest BCUT2D eigenvalue weighted by molar-refractivity contribution is 5.80. The molecule has 8 unspecified atom stereocenters. The molecule has 0 radical (unpaired) electrons. The zero-order valence-corrected chi connectivity index (χ0v) is 51.4. The molecular weight excluding hydrogens is 1000 g/mol. The third kappa shape index (κ3) is 43.7. The van der Waals surface area contributed by atoms with E-state index in [0.29, 0.717) is 19.3 Å². The Labute approximate surface area is 490 Å². The topological polar surface area (TPSA) is 175 Å². The summed E-state index contributed by atoms with van der Waals surface area (Å²) in [5, 5.41) is 57.1. The largest absolute Gasteiger partial charge is 0.454 e. The lowest BCUT2D eigenvalue weighted by molar-refractivity contribution is -0.305. The molecule has 8 atom stereocenters. The van der Waals surface area contributed by atoms with Gasteiger partial charge in [0.2, 0.25) is 5.91 Å². The second-order valence-corrected chi connectivity index (χ2v) is 22.8. The monoisotopic (exact) mass is 1130 g/mol. The lowest BCUT2D eigenvalue weighted by Crippen LogP contribution is -2.61. The lowest BCUT2D eigenvalue weighted by atomic mass is 9.99. The molecule has 0 aromatic carbocycles. The van der Waals surface area contributed by atoms with Crippen molar-refractivity contribution in [2.75, 3.05) is 13.2 Å². The summed E-state index contributed by atoms with van der Waals surface area (Å²) in [7, 11) is 0. The van der Waals surface area contributed by atoms with Crippen LogP contribution in [0.15, 0.2) is 72.9 Å². The Bertz CT molecular complexity index is 1580. The van der Waals surface area contributed by atoms with Crippen LogP contribution >= 0.6 is 0 Å². The minimum absolute atomic E-state index is 0.0831. The zero-order valence-electron chi connectivity index (χ0n) is 51.4. The molecule has 0 spiro atoms. The van der Waals surface area contributed by atoms with Gasteiger partial charge < -0.3 is 45.1 Å². The van der Waals surface area contributed by atoms with Crippen molar-refractivity contribution in [3.05, 3.63) is 72.9 Å². The van der Waals surface area contributed by atoms with Gasteiger partial charge in [0.25, 0.3) is 0 Å². The number of aliphatic hydroxyl groups is 5. The Balaban J connectivity index is 2.65. The quantitative estimate of drug-likeness (QED) is 0.0195. The molecule has 1 rings (SSSR count). The third-order valence-corrected chi connectivity index (χ3v) is 15.4. The molecule has 11 nitrogen and oxygen atoms in total. The summed E-state index contributed by atoms with van der Waals surface area (Å²) in [6.45, 7) is 5.68. The van der Waals surface area contributed by atoms with Crippen molar-refractivity contribution in [3.63, 3.8) is 0 Å². The van der Waals surface area contributed by atoms with Crippen LogP contribution in [0.4, 0.5) is 0 Å². The summed E-state index contributed by atoms with van der Waals surface area (Å²) in [6, 6.07) is -1.03. The standard InChI is InChI=1S/C69H123NO10/c1-4-7-10-13-16-19-22-25-27-29-31-33-34-36-38-41-44-47-50-53-56-62(73)68(77)70-60(61(72)55-52-49-46-43-40-24-21-18-15-12-9-6-3)59-78-69-67(66(76)65(75)63(58-71)79-69)80-64(74)57-54-51-48-45-42-39-37-35-32-30-28-26-23-20-17-14-11-8-5-2/h8,11,17,20,26,28,32,35,39,42,52,55,60-63,65-67,69,71-73,75-76H,4-7,9-10,12-16,18-19,21-25,27,29-31,33-34,36-38,40-41,43-51,53-54,56-59H2,1-3H3,(H,70,77)/b11-8-,20-17-,28-26-,35-32-,42-39-,55-52+. The fourth-order valence-electron chi connectivity index (χ4n) is 10.1. The van der Waals surface area contributed by atoms with Crippen LogP contribution in [0.25, 0.3) is 0 Å². The molecule has 0 aliphatic carbocycles. The van der Waals surface area contributed by atoms with Crippen molar-refractivity contribution >= 4 is 11.9 Å². The van der Waals surface area contributed by atoms with Crippen LogP contribution in [-0.4, -0.2) is 99.6 Å². The number of rotatable bonds is 56. The molecule has 80 heavy (non-hydrogen) atoms. The molecule has 1 aliphatic rings. The number of hydrogen-bond donors (Lipinski definition) is 6. The maximum atomic E-state index is 13.5. The van der Waals surface area contributed by atoms with E-state index in [-0.39, 0.29) is 13.0 Å². The van der Waals surface area contributed by atoms with Gasteiger partial charge in [0.15, 0.2) is 12.4 Å². The molecule has 1 heterocycles. The van der Waals surface area contributed by atoms with Gasteiger partial charge in [-0.3, -0.25) is 9.59 Å². The number of carbonyl (C=O) groups is 2. The minimum Gasteiger partial charge on any atom is -0.454 e. The molecular formula is C69H123NO10. The SMILES string of the molecule is CC/C=C\C/C=C\C/C=C\C/C=C\C/C=C\CCCCCC(=O)OC1C(OCC(NC(=O)C(O)CCCCCCCCCCCCCCCCCCCCCC)C(O)/C=C/CCCCCCCCCCCC)OC(CO)C(O)C1O. The molecule has 1 fully saturated rings. The van der Waals surface area contributed by atoms with E-state index in [0.717, 1.165) is 89.9 Å². The fourth-order valence-corrected chi connectivity index (χ4v) is 10.1. The highest BCUT2D eigenvalue weighted by Crippen LogP contribution is 2.26. The number of carbonyl (C=O) groups excluding carboxylic acids is 2. The predicted molar refractivity (Wildman–Crippen MR) is 333 cm³/mol. The van der Waals surface area contributed by atoms with E-state index >= 15 is 0 Å². The molecule has 11 heteroatoms. The van der Waals surface area contributed by atoms with Gasteiger partial charge in [-0.05, 0) is 70.6 Å². The maximum Gasteiger partial charge on any atom is 0.306 e. The van der Waals surface area contributed by atoms with E-state index in [1.165, 1.54) is 154 Å². The lowest BCUT2D eigenvalue weighted by Gasteiger charge is -2.41. The predicted octanol–water partition coefficient (Wildman–Crippen LogP) is 16.3. The third-order valence-electron chi connectivity index (χ3n) is 15.4. The molecule has 0 saturated carbocycles. The average molecular weight is 1130 g/mol. The first kappa shape index (κ1) is 75.1. The van der Waals surface area contributed by atoms with Crippen LogP contribution in [-0.2, 0) is 23.8 Å². The van der Waals surface area contributed by atoms with Crippen LogP contribution in [0.3, 0.4) is 0 Å². The molecule has 0 bridgehead atoms. The number of esters is 1. The molecule has 1 amide bonds. The first-order valence-corrected chi connectivity index (χ1v) is 33.2. The molecule has 1 aliphatic heterocycles. The van der Waals surface area contributed by atoms with Crippen molar-refractivity contribution in [2.45, 2.75) is 339 Å². The van der Waals surface area contributed by atoms with Crippen molar-refractivity contribution in [1.29, 1.82) is 0 Å². The van der Waals surface area contributed by atoms with Gasteiger partial charge in [0, 0.05) is 6.42 Å². The first-order valence-electron chi connectivity index (χ1n) is 33.2. The normalized spacial score (nSPS) is 19.2. The Morgan fingerprint density at radius 2 is 0.900 bits per heavy atom. The number of hydrogen-bond acceptors (Lipinski definition) is 10. The van der Waals surface area contributed by atoms with Gasteiger partial charge in [-0.1, -0.05) is 286 Å². The van der Waals surface area contributed by atoms with E-state index in [1.807, 2.05) is 6.08 Å². The number of allylic oxidation sites excluding steroid dienone is 11. The van der Waals surface area contributed by atoms with Gasteiger partial charge in [0.1, 0.15) is 24.4 Å². The van der Waals surface area contributed by atoms with E-state index in [4.69, 9.17) is 14.2 Å². The molecule has 6 N–H and O–H groups in total. The van der Waals surface area contributed by atoms with Gasteiger partial charge in [0.05, 0.1) is 25.4 Å². The molecule has 464 valence electrons. The summed E-state index contributed by atoms with van der Waals surface area (Å²) in [4.78, 5) is 26.6. The number of ether oxygens (including phenoxy) is 3. The van der Waals surface area contributed by atoms with Gasteiger partial charge in [-0.2, -0.15) is 0 Å². The van der Waals surface area contributed by atoms with Crippen LogP contribution < -0.4 is 5.32 Å².